The molecule has 3 amide bonds. The summed E-state index contributed by atoms with van der Waals surface area (Å²) in [5.41, 5.74) is 0.563. The zero-order valence-electron chi connectivity index (χ0n) is 26.9. The number of ether oxygens (including phenoxy) is 1. The Morgan fingerprint density at radius 2 is 1.71 bits per heavy atom. The van der Waals surface area contributed by atoms with Crippen LogP contribution in [-0.4, -0.2) is 100 Å². The van der Waals surface area contributed by atoms with Crippen LogP contribution in [0.1, 0.15) is 33.8 Å². The Morgan fingerprint density at radius 1 is 1.06 bits per heavy atom. The number of aliphatic carboxylic acids is 1. The van der Waals surface area contributed by atoms with E-state index in [9.17, 15) is 36.3 Å². The van der Waals surface area contributed by atoms with Gasteiger partial charge in [-0.3, -0.25) is 14.4 Å². The molecule has 0 spiro atoms. The number of piperazine rings is 1. The van der Waals surface area contributed by atoms with E-state index in [1.807, 2.05) is 4.90 Å². The second kappa shape index (κ2) is 16.6. The number of aromatic nitrogens is 2. The molecular formula is C32H31ClF5N7O6. The molecule has 3 aromatic rings. The van der Waals surface area contributed by atoms with Gasteiger partial charge in [0, 0.05) is 63.5 Å². The predicted octanol–water partition coefficient (Wildman–Crippen LogP) is 4.09. The standard InChI is InChI=1S/C30H30ClF2N7O4.C2HF3O2/c1-38-23(21-4-5-24(44-15-8-34)26(33)25(21)32)17-36-27(38)28(41)37-19-2-3-20(22(31)16-19)30(43)39-11-6-18(7-12-39)29(42)40-13-9-35-10-14-40;3-2(4,5)1(6)7/h2-5,16-18,35H,6-7,9-15H2,1H3,(H,37,41);(H,6,7). The van der Waals surface area contributed by atoms with E-state index >= 15 is 0 Å². The van der Waals surface area contributed by atoms with Gasteiger partial charge < -0.3 is 34.8 Å². The maximum atomic E-state index is 14.8. The van der Waals surface area contributed by atoms with Gasteiger partial charge in [0.25, 0.3) is 11.8 Å². The van der Waals surface area contributed by atoms with Crippen LogP contribution in [0.3, 0.4) is 0 Å². The van der Waals surface area contributed by atoms with Crippen molar-refractivity contribution in [2.75, 3.05) is 51.2 Å². The molecule has 0 aliphatic carbocycles. The number of carboxylic acid groups (broad SMARTS) is 1. The van der Waals surface area contributed by atoms with Crippen LogP contribution in [0.25, 0.3) is 11.3 Å². The van der Waals surface area contributed by atoms with Crippen molar-refractivity contribution in [3.63, 3.8) is 0 Å². The third-order valence-electron chi connectivity index (χ3n) is 8.07. The van der Waals surface area contributed by atoms with Crippen LogP contribution >= 0.6 is 11.6 Å². The van der Waals surface area contributed by atoms with Crippen LogP contribution in [0.4, 0.5) is 27.6 Å². The Kier molecular flexibility index (Phi) is 12.6. The molecule has 13 nitrogen and oxygen atoms in total. The molecule has 0 bridgehead atoms. The number of nitriles is 1. The Bertz CT molecular complexity index is 1830. The third-order valence-corrected chi connectivity index (χ3v) is 8.38. The number of likely N-dealkylation sites (tertiary alicyclic amines) is 1. The number of carbonyl (C=O) groups excluding carboxylic acids is 3. The Balaban J connectivity index is 0.000000755. The molecule has 0 saturated carbocycles. The fourth-order valence-electron chi connectivity index (χ4n) is 5.42. The number of imidazole rings is 1. The van der Waals surface area contributed by atoms with Gasteiger partial charge in [-0.25, -0.2) is 14.2 Å². The minimum absolute atomic E-state index is 0.0841. The first kappa shape index (κ1) is 38.5. The highest BCUT2D eigenvalue weighted by molar-refractivity contribution is 6.34. The number of anilines is 1. The van der Waals surface area contributed by atoms with Crippen molar-refractivity contribution in [2.45, 2.75) is 19.0 Å². The quantitative estimate of drug-likeness (QED) is 0.302. The zero-order chi connectivity index (χ0) is 37.5. The van der Waals surface area contributed by atoms with E-state index in [1.54, 1.807) is 11.0 Å². The first-order valence-electron chi connectivity index (χ1n) is 15.3. The fraction of sp³-hybridized carbons (Fsp3) is 0.375. The molecule has 51 heavy (non-hydrogen) atoms. The number of hydrogen-bond donors (Lipinski definition) is 3. The van der Waals surface area contributed by atoms with E-state index in [0.717, 1.165) is 13.1 Å². The maximum absolute atomic E-state index is 14.8. The normalized spacial score (nSPS) is 14.9. The SMILES string of the molecule is Cn1c(-c2ccc(OCC#N)c(F)c2F)cnc1C(=O)Nc1ccc(C(=O)N2CCC(C(=O)N3CCNCC3)CC2)c(Cl)c1.O=C(O)C(F)(F)F. The first-order chi connectivity index (χ1) is 24.1. The molecular weight excluding hydrogens is 709 g/mol. The summed E-state index contributed by atoms with van der Waals surface area (Å²) in [5, 5.41) is 21.8. The summed E-state index contributed by atoms with van der Waals surface area (Å²) in [5.74, 6) is -6.57. The molecule has 272 valence electrons. The largest absolute Gasteiger partial charge is 0.490 e. The van der Waals surface area contributed by atoms with Crippen LogP contribution in [0.2, 0.25) is 5.02 Å². The molecule has 2 fully saturated rings. The van der Waals surface area contributed by atoms with Crippen LogP contribution in [0.15, 0.2) is 36.5 Å². The number of benzene rings is 2. The van der Waals surface area contributed by atoms with Crippen molar-refractivity contribution in [1.29, 1.82) is 5.26 Å². The van der Waals surface area contributed by atoms with E-state index in [0.29, 0.717) is 44.7 Å². The number of carboxylic acids is 1. The number of halogens is 6. The summed E-state index contributed by atoms with van der Waals surface area (Å²) in [6.07, 6.45) is -2.68. The van der Waals surface area contributed by atoms with Crippen molar-refractivity contribution < 1.29 is 51.0 Å². The lowest BCUT2D eigenvalue weighted by Gasteiger charge is -2.35. The molecule has 0 radical (unpaired) electrons. The number of piperidine rings is 1. The van der Waals surface area contributed by atoms with Gasteiger partial charge in [-0.2, -0.15) is 22.8 Å². The maximum Gasteiger partial charge on any atom is 0.490 e. The monoisotopic (exact) mass is 739 g/mol. The minimum atomic E-state index is -5.08. The molecule has 2 aromatic carbocycles. The Morgan fingerprint density at radius 3 is 2.29 bits per heavy atom. The van der Waals surface area contributed by atoms with E-state index in [4.69, 9.17) is 31.5 Å². The average molecular weight is 740 g/mol. The van der Waals surface area contributed by atoms with E-state index in [1.165, 1.54) is 48.1 Å². The lowest BCUT2D eigenvalue weighted by molar-refractivity contribution is -0.192. The van der Waals surface area contributed by atoms with Crippen LogP contribution in [0.5, 0.6) is 5.75 Å². The van der Waals surface area contributed by atoms with Crippen molar-refractivity contribution in [3.8, 4) is 23.1 Å². The fourth-order valence-corrected chi connectivity index (χ4v) is 5.68. The average Bonchev–Trinajstić information content (AvgIpc) is 3.49. The lowest BCUT2D eigenvalue weighted by atomic mass is 9.94. The van der Waals surface area contributed by atoms with Crippen LogP contribution < -0.4 is 15.4 Å². The smallest absolute Gasteiger partial charge is 0.476 e. The van der Waals surface area contributed by atoms with Gasteiger partial charge in [0.1, 0.15) is 6.07 Å². The molecule has 0 unspecified atom stereocenters. The number of nitrogens with zero attached hydrogens (tertiary/aromatic N) is 5. The summed E-state index contributed by atoms with van der Waals surface area (Å²) in [7, 11) is 1.48. The molecule has 3 N–H and O–H groups in total. The summed E-state index contributed by atoms with van der Waals surface area (Å²) in [6.45, 7) is 3.42. The molecule has 0 atom stereocenters. The summed E-state index contributed by atoms with van der Waals surface area (Å²) in [4.78, 5) is 55.6. The van der Waals surface area contributed by atoms with Crippen molar-refractivity contribution in [3.05, 3.63) is 64.6 Å². The predicted molar refractivity (Wildman–Crippen MR) is 171 cm³/mol. The number of rotatable bonds is 7. The number of alkyl halides is 3. The van der Waals surface area contributed by atoms with Gasteiger partial charge in [-0.1, -0.05) is 11.6 Å². The first-order valence-corrected chi connectivity index (χ1v) is 15.7. The van der Waals surface area contributed by atoms with Gasteiger partial charge in [-0.05, 0) is 43.2 Å². The molecule has 19 heteroatoms. The zero-order valence-corrected chi connectivity index (χ0v) is 27.7. The Labute approximate surface area is 292 Å². The van der Waals surface area contributed by atoms with Crippen LogP contribution in [-0.2, 0) is 16.6 Å². The van der Waals surface area contributed by atoms with Crippen LogP contribution in [0, 0.1) is 28.9 Å². The second-order valence-electron chi connectivity index (χ2n) is 11.3. The molecule has 2 aliphatic rings. The number of hydrogen-bond acceptors (Lipinski definition) is 8. The van der Waals surface area contributed by atoms with E-state index in [-0.39, 0.29) is 45.4 Å². The molecule has 2 aliphatic heterocycles. The lowest BCUT2D eigenvalue weighted by Crippen LogP contribution is -2.50. The van der Waals surface area contributed by atoms with Gasteiger partial charge in [-0.15, -0.1) is 0 Å². The third kappa shape index (κ3) is 9.29. The number of carbonyl (C=O) groups is 4. The summed E-state index contributed by atoms with van der Waals surface area (Å²) in [6, 6.07) is 8.66. The minimum Gasteiger partial charge on any atom is -0.476 e. The second-order valence-corrected chi connectivity index (χ2v) is 11.7. The van der Waals surface area contributed by atoms with Crippen molar-refractivity contribution in [2.24, 2.45) is 13.0 Å². The Hall–Kier alpha value is -5.28. The molecule has 2 saturated heterocycles. The highest BCUT2D eigenvalue weighted by Crippen LogP contribution is 2.31. The number of nitrogens with one attached hydrogen (secondary N) is 2. The summed E-state index contributed by atoms with van der Waals surface area (Å²) < 4.78 is 67.2. The van der Waals surface area contributed by atoms with E-state index in [2.05, 4.69) is 15.6 Å². The number of amides is 3. The highest BCUT2D eigenvalue weighted by Gasteiger charge is 2.38. The van der Waals surface area contributed by atoms with E-state index < -0.39 is 42.0 Å². The summed E-state index contributed by atoms with van der Waals surface area (Å²) >= 11 is 6.45. The molecule has 3 heterocycles. The van der Waals surface area contributed by atoms with Gasteiger partial charge in [0.05, 0.1) is 22.5 Å². The topological polar surface area (TPSA) is 170 Å². The highest BCUT2D eigenvalue weighted by atomic mass is 35.5. The van der Waals surface area contributed by atoms with Gasteiger partial charge in [0.15, 0.2) is 24.0 Å². The van der Waals surface area contributed by atoms with Gasteiger partial charge in [0.2, 0.25) is 11.7 Å². The molecule has 5 rings (SSSR count). The van der Waals surface area contributed by atoms with Crippen molar-refractivity contribution >= 4 is 41.0 Å². The molecule has 1 aromatic heterocycles. The van der Waals surface area contributed by atoms with Crippen molar-refractivity contribution in [1.82, 2.24) is 24.7 Å². The van der Waals surface area contributed by atoms with Gasteiger partial charge >= 0.3 is 12.1 Å².